The first-order chi connectivity index (χ1) is 8.76. The Morgan fingerprint density at radius 2 is 1.95 bits per heavy atom. The Kier molecular flexibility index (Phi) is 3.76. The van der Waals surface area contributed by atoms with E-state index in [0.717, 1.165) is 5.56 Å². The molecule has 0 aliphatic heterocycles. The maximum Gasteiger partial charge on any atom is 0.573 e. The predicted molar refractivity (Wildman–Crippen MR) is 66.8 cm³/mol. The molecule has 0 aromatic heterocycles. The molecule has 0 amide bonds. The van der Waals surface area contributed by atoms with Crippen molar-refractivity contribution >= 4 is 0 Å². The zero-order chi connectivity index (χ0) is 14.1. The van der Waals surface area contributed by atoms with Crippen LogP contribution in [0.3, 0.4) is 0 Å². The van der Waals surface area contributed by atoms with Crippen LogP contribution in [0.1, 0.15) is 32.3 Å². The second-order valence-corrected chi connectivity index (χ2v) is 5.54. The fraction of sp³-hybridized carbons (Fsp3) is 0.571. The van der Waals surface area contributed by atoms with Crippen LogP contribution >= 0.6 is 0 Å². The summed E-state index contributed by atoms with van der Waals surface area (Å²) in [6.45, 7) is 4.79. The smallest absolute Gasteiger partial charge is 0.406 e. The lowest BCUT2D eigenvalue weighted by molar-refractivity contribution is -0.274. The van der Waals surface area contributed by atoms with Crippen LogP contribution in [0.2, 0.25) is 0 Å². The van der Waals surface area contributed by atoms with E-state index in [1.54, 1.807) is 12.1 Å². The lowest BCUT2D eigenvalue weighted by atomic mass is 9.98. The first-order valence-corrected chi connectivity index (χ1v) is 6.36. The third kappa shape index (κ3) is 4.42. The topological polar surface area (TPSA) is 21.3 Å². The highest BCUT2D eigenvalue weighted by Crippen LogP contribution is 2.39. The molecule has 1 aliphatic rings. The van der Waals surface area contributed by atoms with Gasteiger partial charge in [0.2, 0.25) is 0 Å². The summed E-state index contributed by atoms with van der Waals surface area (Å²) < 4.78 is 40.3. The molecular weight excluding hydrogens is 255 g/mol. The number of benzene rings is 1. The van der Waals surface area contributed by atoms with Crippen LogP contribution in [-0.4, -0.2) is 11.9 Å². The van der Waals surface area contributed by atoms with Gasteiger partial charge in [-0.3, -0.25) is 0 Å². The molecule has 0 atom stereocenters. The van der Waals surface area contributed by atoms with Crippen LogP contribution < -0.4 is 10.1 Å². The van der Waals surface area contributed by atoms with E-state index in [-0.39, 0.29) is 11.3 Å². The van der Waals surface area contributed by atoms with Crippen molar-refractivity contribution in [3.63, 3.8) is 0 Å². The average Bonchev–Trinajstić information content (AvgIpc) is 3.08. The molecule has 1 saturated carbocycles. The Morgan fingerprint density at radius 1 is 1.26 bits per heavy atom. The molecule has 1 N–H and O–H groups in total. The van der Waals surface area contributed by atoms with Gasteiger partial charge in [-0.15, -0.1) is 13.2 Å². The molecule has 106 valence electrons. The highest BCUT2D eigenvalue weighted by molar-refractivity contribution is 5.28. The average molecular weight is 273 g/mol. The van der Waals surface area contributed by atoms with E-state index in [4.69, 9.17) is 0 Å². The summed E-state index contributed by atoms with van der Waals surface area (Å²) in [7, 11) is 0. The third-order valence-electron chi connectivity index (χ3n) is 3.48. The molecule has 1 aliphatic carbocycles. The van der Waals surface area contributed by atoms with Gasteiger partial charge in [0.15, 0.2) is 0 Å². The van der Waals surface area contributed by atoms with Crippen molar-refractivity contribution in [2.24, 2.45) is 5.92 Å². The van der Waals surface area contributed by atoms with Gasteiger partial charge in [-0.1, -0.05) is 12.1 Å². The Labute approximate surface area is 111 Å². The first kappa shape index (κ1) is 14.2. The molecule has 19 heavy (non-hydrogen) atoms. The van der Waals surface area contributed by atoms with Gasteiger partial charge in [0, 0.05) is 12.1 Å². The minimum absolute atomic E-state index is 0.0287. The summed E-state index contributed by atoms with van der Waals surface area (Å²) in [5.41, 5.74) is 0.816. The molecule has 0 radical (unpaired) electrons. The van der Waals surface area contributed by atoms with Gasteiger partial charge in [-0.05, 0) is 50.3 Å². The van der Waals surface area contributed by atoms with E-state index in [0.29, 0.717) is 12.5 Å². The number of hydrogen-bond acceptors (Lipinski definition) is 2. The number of hydrogen-bond donors (Lipinski definition) is 1. The summed E-state index contributed by atoms with van der Waals surface area (Å²) >= 11 is 0. The standard InChI is InChI=1S/C14H18F3NO/c1-13(2,11-6-7-11)18-9-10-4-3-5-12(8-10)19-14(15,16)17/h3-5,8,11,18H,6-7,9H2,1-2H3. The maximum absolute atomic E-state index is 12.1. The van der Waals surface area contributed by atoms with Crippen LogP contribution in [0.15, 0.2) is 24.3 Å². The van der Waals surface area contributed by atoms with Crippen molar-refractivity contribution < 1.29 is 17.9 Å². The SMILES string of the molecule is CC(C)(NCc1cccc(OC(F)(F)F)c1)C1CC1. The van der Waals surface area contributed by atoms with Crippen molar-refractivity contribution in [3.05, 3.63) is 29.8 Å². The molecule has 1 aromatic rings. The molecule has 0 spiro atoms. The van der Waals surface area contributed by atoms with Crippen molar-refractivity contribution in [2.75, 3.05) is 0 Å². The Balaban J connectivity index is 1.95. The molecule has 0 heterocycles. The van der Waals surface area contributed by atoms with E-state index >= 15 is 0 Å². The van der Waals surface area contributed by atoms with Crippen LogP contribution in [0, 0.1) is 5.92 Å². The van der Waals surface area contributed by atoms with E-state index in [1.165, 1.54) is 25.0 Å². The Hall–Kier alpha value is -1.23. The molecular formula is C14H18F3NO. The lowest BCUT2D eigenvalue weighted by Crippen LogP contribution is -2.40. The first-order valence-electron chi connectivity index (χ1n) is 6.36. The van der Waals surface area contributed by atoms with Gasteiger partial charge >= 0.3 is 6.36 Å². The number of halogens is 3. The normalized spacial score (nSPS) is 16.5. The van der Waals surface area contributed by atoms with E-state index in [1.807, 2.05) is 0 Å². The molecule has 1 fully saturated rings. The van der Waals surface area contributed by atoms with Crippen molar-refractivity contribution in [1.82, 2.24) is 5.32 Å². The van der Waals surface area contributed by atoms with Gasteiger partial charge < -0.3 is 10.1 Å². The second-order valence-electron chi connectivity index (χ2n) is 5.54. The monoisotopic (exact) mass is 273 g/mol. The molecule has 1 aromatic carbocycles. The zero-order valence-corrected chi connectivity index (χ0v) is 11.1. The minimum atomic E-state index is -4.64. The highest BCUT2D eigenvalue weighted by atomic mass is 19.4. The van der Waals surface area contributed by atoms with Gasteiger partial charge in [0.1, 0.15) is 5.75 Å². The third-order valence-corrected chi connectivity index (χ3v) is 3.48. The number of ether oxygens (including phenoxy) is 1. The molecule has 2 rings (SSSR count). The summed E-state index contributed by atoms with van der Waals surface area (Å²) in [4.78, 5) is 0. The largest absolute Gasteiger partial charge is 0.573 e. The van der Waals surface area contributed by atoms with E-state index in [2.05, 4.69) is 23.9 Å². The van der Waals surface area contributed by atoms with Crippen LogP contribution in [0.25, 0.3) is 0 Å². The molecule has 0 bridgehead atoms. The van der Waals surface area contributed by atoms with Crippen molar-refractivity contribution in [3.8, 4) is 5.75 Å². The quantitative estimate of drug-likeness (QED) is 0.879. The molecule has 0 unspecified atom stereocenters. The van der Waals surface area contributed by atoms with Crippen molar-refractivity contribution in [1.29, 1.82) is 0 Å². The number of nitrogens with one attached hydrogen (secondary N) is 1. The molecule has 0 saturated heterocycles. The Morgan fingerprint density at radius 3 is 2.53 bits per heavy atom. The molecule has 5 heteroatoms. The van der Waals surface area contributed by atoms with Gasteiger partial charge in [0.05, 0.1) is 0 Å². The predicted octanol–water partition coefficient (Wildman–Crippen LogP) is 3.86. The number of rotatable bonds is 5. The summed E-state index contributed by atoms with van der Waals surface area (Å²) in [6.07, 6.45) is -2.20. The maximum atomic E-state index is 12.1. The van der Waals surface area contributed by atoms with Crippen LogP contribution in [-0.2, 0) is 6.54 Å². The molecule has 2 nitrogen and oxygen atoms in total. The number of alkyl halides is 3. The summed E-state index contributed by atoms with van der Waals surface area (Å²) in [5.74, 6) is 0.498. The van der Waals surface area contributed by atoms with Gasteiger partial charge in [0.25, 0.3) is 0 Å². The Bertz CT molecular complexity index is 439. The second kappa shape index (κ2) is 5.04. The fourth-order valence-electron chi connectivity index (χ4n) is 2.13. The van der Waals surface area contributed by atoms with E-state index < -0.39 is 6.36 Å². The van der Waals surface area contributed by atoms with E-state index in [9.17, 15) is 13.2 Å². The lowest BCUT2D eigenvalue weighted by Gasteiger charge is -2.26. The zero-order valence-electron chi connectivity index (χ0n) is 11.1. The van der Waals surface area contributed by atoms with Crippen LogP contribution in [0.4, 0.5) is 13.2 Å². The van der Waals surface area contributed by atoms with Crippen molar-refractivity contribution in [2.45, 2.75) is 45.1 Å². The summed E-state index contributed by atoms with van der Waals surface area (Å²) in [6, 6.07) is 6.09. The van der Waals surface area contributed by atoms with Gasteiger partial charge in [-0.25, -0.2) is 0 Å². The van der Waals surface area contributed by atoms with Gasteiger partial charge in [-0.2, -0.15) is 0 Å². The minimum Gasteiger partial charge on any atom is -0.406 e. The summed E-state index contributed by atoms with van der Waals surface area (Å²) in [5, 5.41) is 3.39. The van der Waals surface area contributed by atoms with Crippen LogP contribution in [0.5, 0.6) is 5.75 Å². The highest BCUT2D eigenvalue weighted by Gasteiger charge is 2.37. The fourth-order valence-corrected chi connectivity index (χ4v) is 2.13.